The molecule has 6 heteroatoms. The summed E-state index contributed by atoms with van der Waals surface area (Å²) in [7, 11) is 1.65. The Balaban J connectivity index is 0.00000243. The summed E-state index contributed by atoms with van der Waals surface area (Å²) in [5, 5.41) is 3.12. The summed E-state index contributed by atoms with van der Waals surface area (Å²) in [6.07, 6.45) is 3.85. The topological polar surface area (TPSA) is 62.9 Å². The number of para-hydroxylation sites is 1. The lowest BCUT2D eigenvalue weighted by Crippen LogP contribution is -2.30. The Morgan fingerprint density at radius 3 is 2.65 bits per heavy atom. The Morgan fingerprint density at radius 1 is 1.12 bits per heavy atom. The van der Waals surface area contributed by atoms with Crippen molar-refractivity contribution in [3.8, 4) is 5.75 Å². The van der Waals surface area contributed by atoms with Gasteiger partial charge in [-0.15, -0.1) is 24.0 Å². The van der Waals surface area contributed by atoms with Crippen molar-refractivity contribution in [2.45, 2.75) is 25.8 Å². The van der Waals surface area contributed by atoms with Crippen LogP contribution in [0.25, 0.3) is 0 Å². The molecule has 140 valence electrons. The molecule has 0 saturated carbocycles. The number of nitrogens with one attached hydrogen (secondary N) is 1. The van der Waals surface area contributed by atoms with Crippen molar-refractivity contribution in [1.82, 2.24) is 0 Å². The third kappa shape index (κ3) is 5.52. The van der Waals surface area contributed by atoms with Gasteiger partial charge in [-0.05, 0) is 43.0 Å². The Bertz CT molecular complexity index is 729. The number of halogens is 1. The van der Waals surface area contributed by atoms with E-state index in [4.69, 9.17) is 10.5 Å². The maximum Gasteiger partial charge on any atom is 0.193 e. The van der Waals surface area contributed by atoms with E-state index in [0.717, 1.165) is 24.5 Å². The van der Waals surface area contributed by atoms with E-state index < -0.39 is 0 Å². The van der Waals surface area contributed by atoms with Crippen molar-refractivity contribution in [3.05, 3.63) is 54.1 Å². The van der Waals surface area contributed by atoms with Gasteiger partial charge in [0.15, 0.2) is 5.96 Å². The molecular formula is C20H27IN4O. The molecule has 0 unspecified atom stereocenters. The van der Waals surface area contributed by atoms with Crippen LogP contribution in [-0.2, 0) is 6.54 Å². The number of ether oxygens (including phenoxy) is 1. The molecule has 5 nitrogen and oxygen atoms in total. The molecule has 3 N–H and O–H groups in total. The van der Waals surface area contributed by atoms with E-state index >= 15 is 0 Å². The highest BCUT2D eigenvalue weighted by Gasteiger charge is 2.13. The Hall–Kier alpha value is -1.96. The fourth-order valence-corrected chi connectivity index (χ4v) is 3.15. The predicted molar refractivity (Wildman–Crippen MR) is 120 cm³/mol. The molecule has 1 aliphatic heterocycles. The highest BCUT2D eigenvalue weighted by Crippen LogP contribution is 2.24. The number of hydrogen-bond donors (Lipinski definition) is 2. The predicted octanol–water partition coefficient (Wildman–Crippen LogP) is 4.23. The van der Waals surface area contributed by atoms with Crippen LogP contribution in [0.1, 0.15) is 24.8 Å². The summed E-state index contributed by atoms with van der Waals surface area (Å²) in [6, 6.07) is 16.1. The number of hydrogen-bond acceptors (Lipinski definition) is 3. The molecule has 0 radical (unpaired) electrons. The zero-order valence-electron chi connectivity index (χ0n) is 15.1. The summed E-state index contributed by atoms with van der Waals surface area (Å²) >= 11 is 0. The number of nitrogens with zero attached hydrogens (tertiary/aromatic N) is 2. The third-order valence-corrected chi connectivity index (χ3v) is 4.45. The van der Waals surface area contributed by atoms with E-state index in [2.05, 4.69) is 39.5 Å². The van der Waals surface area contributed by atoms with E-state index in [9.17, 15) is 0 Å². The van der Waals surface area contributed by atoms with Gasteiger partial charge >= 0.3 is 0 Å². The van der Waals surface area contributed by atoms with Gasteiger partial charge in [0.1, 0.15) is 5.75 Å². The first-order valence-corrected chi connectivity index (χ1v) is 8.80. The van der Waals surface area contributed by atoms with Gasteiger partial charge in [0, 0.05) is 30.5 Å². The molecular weight excluding hydrogens is 439 g/mol. The second-order valence-electron chi connectivity index (χ2n) is 6.23. The van der Waals surface area contributed by atoms with E-state index in [1.54, 1.807) is 7.11 Å². The minimum absolute atomic E-state index is 0. The SMILES string of the molecule is COc1cccc(NC(N)=NCc2ccccc2N2CCCCC2)c1.I. The van der Waals surface area contributed by atoms with Gasteiger partial charge < -0.3 is 20.7 Å². The van der Waals surface area contributed by atoms with Gasteiger partial charge in [0.25, 0.3) is 0 Å². The highest BCUT2D eigenvalue weighted by molar-refractivity contribution is 14.0. The average Bonchev–Trinajstić information content (AvgIpc) is 2.67. The molecule has 2 aromatic rings. The first-order valence-electron chi connectivity index (χ1n) is 8.80. The molecule has 2 aromatic carbocycles. The second-order valence-corrected chi connectivity index (χ2v) is 6.23. The molecule has 1 saturated heterocycles. The maximum absolute atomic E-state index is 6.06. The van der Waals surface area contributed by atoms with Crippen molar-refractivity contribution in [1.29, 1.82) is 0 Å². The van der Waals surface area contributed by atoms with Crippen molar-refractivity contribution in [2.24, 2.45) is 10.7 Å². The smallest absolute Gasteiger partial charge is 0.193 e. The Morgan fingerprint density at radius 2 is 1.88 bits per heavy atom. The largest absolute Gasteiger partial charge is 0.497 e. The molecule has 1 fully saturated rings. The zero-order valence-corrected chi connectivity index (χ0v) is 17.5. The minimum atomic E-state index is 0. The molecule has 26 heavy (non-hydrogen) atoms. The first-order chi connectivity index (χ1) is 12.3. The molecule has 0 atom stereocenters. The summed E-state index contributed by atoms with van der Waals surface area (Å²) in [5.74, 6) is 1.19. The normalized spacial score (nSPS) is 14.5. The van der Waals surface area contributed by atoms with Crippen LogP contribution < -0.4 is 20.7 Å². The summed E-state index contributed by atoms with van der Waals surface area (Å²) in [6.45, 7) is 2.81. The van der Waals surface area contributed by atoms with Crippen LogP contribution in [0.15, 0.2) is 53.5 Å². The van der Waals surface area contributed by atoms with E-state index in [-0.39, 0.29) is 24.0 Å². The van der Waals surface area contributed by atoms with Gasteiger partial charge in [0.05, 0.1) is 13.7 Å². The Kier molecular flexibility index (Phi) is 8.03. The van der Waals surface area contributed by atoms with Crippen molar-refractivity contribution >= 4 is 41.3 Å². The Labute approximate surface area is 172 Å². The van der Waals surface area contributed by atoms with Crippen molar-refractivity contribution in [3.63, 3.8) is 0 Å². The lowest BCUT2D eigenvalue weighted by atomic mass is 10.1. The zero-order chi connectivity index (χ0) is 17.5. The van der Waals surface area contributed by atoms with Gasteiger partial charge in [-0.2, -0.15) is 0 Å². The van der Waals surface area contributed by atoms with Gasteiger partial charge in [0.2, 0.25) is 0 Å². The quantitative estimate of drug-likeness (QED) is 0.394. The lowest BCUT2D eigenvalue weighted by Gasteiger charge is -2.30. The van der Waals surface area contributed by atoms with Crippen LogP contribution >= 0.6 is 24.0 Å². The number of anilines is 2. The number of rotatable bonds is 5. The summed E-state index contributed by atoms with van der Waals surface area (Å²) < 4.78 is 5.22. The van der Waals surface area contributed by atoms with Crippen molar-refractivity contribution in [2.75, 3.05) is 30.4 Å². The molecule has 0 aliphatic carbocycles. The molecule has 0 aromatic heterocycles. The van der Waals surface area contributed by atoms with Crippen molar-refractivity contribution < 1.29 is 4.74 Å². The van der Waals surface area contributed by atoms with Crippen LogP contribution in [0.4, 0.5) is 11.4 Å². The van der Waals surface area contributed by atoms with Crippen LogP contribution in [0.2, 0.25) is 0 Å². The first kappa shape index (κ1) is 20.4. The molecule has 1 heterocycles. The molecule has 0 spiro atoms. The molecule has 0 bridgehead atoms. The van der Waals surface area contributed by atoms with Gasteiger partial charge in [-0.1, -0.05) is 24.3 Å². The molecule has 0 amide bonds. The minimum Gasteiger partial charge on any atom is -0.497 e. The molecule has 3 rings (SSSR count). The maximum atomic E-state index is 6.06. The number of piperidine rings is 1. The third-order valence-electron chi connectivity index (χ3n) is 4.45. The van der Waals surface area contributed by atoms with Crippen LogP contribution in [0.3, 0.4) is 0 Å². The fraction of sp³-hybridized carbons (Fsp3) is 0.350. The number of guanidine groups is 1. The number of benzene rings is 2. The van der Waals surface area contributed by atoms with E-state index in [1.165, 1.54) is 30.5 Å². The number of methoxy groups -OCH3 is 1. The average molecular weight is 466 g/mol. The number of aliphatic imine (C=N–C) groups is 1. The summed E-state index contributed by atoms with van der Waals surface area (Å²) in [4.78, 5) is 6.97. The van der Waals surface area contributed by atoms with Crippen LogP contribution in [0, 0.1) is 0 Å². The van der Waals surface area contributed by atoms with Gasteiger partial charge in [-0.3, -0.25) is 0 Å². The highest BCUT2D eigenvalue weighted by atomic mass is 127. The van der Waals surface area contributed by atoms with Gasteiger partial charge in [-0.25, -0.2) is 4.99 Å². The van der Waals surface area contributed by atoms with E-state index in [1.807, 2.05) is 24.3 Å². The second kappa shape index (κ2) is 10.3. The van der Waals surface area contributed by atoms with E-state index in [0.29, 0.717) is 12.5 Å². The fourth-order valence-electron chi connectivity index (χ4n) is 3.15. The van der Waals surface area contributed by atoms with Crippen LogP contribution in [-0.4, -0.2) is 26.2 Å². The molecule has 1 aliphatic rings. The summed E-state index contributed by atoms with van der Waals surface area (Å²) in [5.41, 5.74) is 9.41. The number of nitrogens with two attached hydrogens (primary N) is 1. The monoisotopic (exact) mass is 466 g/mol. The lowest BCUT2D eigenvalue weighted by molar-refractivity contribution is 0.415. The van der Waals surface area contributed by atoms with Crippen LogP contribution in [0.5, 0.6) is 5.75 Å². The standard InChI is InChI=1S/C20H26N4O.HI/c1-25-18-10-7-9-17(14-18)23-20(21)22-15-16-8-3-4-11-19(16)24-12-5-2-6-13-24;/h3-4,7-11,14H,2,5-6,12-13,15H2,1H3,(H3,21,22,23);1H.